The molecule has 0 radical (unpaired) electrons. The van der Waals surface area contributed by atoms with Gasteiger partial charge in [0.15, 0.2) is 5.13 Å². The van der Waals surface area contributed by atoms with Crippen LogP contribution in [0.15, 0.2) is 59.4 Å². The molecular weight excluding hydrogens is 713 g/mol. The number of morpholine rings is 1. The van der Waals surface area contributed by atoms with Gasteiger partial charge in [0.2, 0.25) is 17.7 Å². The Bertz CT molecular complexity index is 1870. The number of aliphatic hydroxyl groups excluding tert-OH is 1. The van der Waals surface area contributed by atoms with E-state index in [9.17, 15) is 19.5 Å². The average molecular weight is 761 g/mol. The molecule has 2 aliphatic rings. The second-order valence-corrected chi connectivity index (χ2v) is 16.3. The van der Waals surface area contributed by atoms with Gasteiger partial charge in [-0.3, -0.25) is 14.4 Å². The molecule has 3 amide bonds. The molecule has 12 nitrogen and oxygen atoms in total. The Morgan fingerprint density at radius 1 is 1.02 bits per heavy atom. The van der Waals surface area contributed by atoms with E-state index in [0.717, 1.165) is 51.2 Å². The Balaban J connectivity index is 1.02. The van der Waals surface area contributed by atoms with Crippen molar-refractivity contribution in [1.82, 2.24) is 25.5 Å². The number of aromatic nitrogens is 2. The molecule has 4 atom stereocenters. The van der Waals surface area contributed by atoms with Gasteiger partial charge in [-0.1, -0.05) is 45.0 Å². The molecule has 2 aromatic carbocycles. The normalized spacial score (nSPS) is 18.8. The number of nitrogens with zero attached hydrogens (tertiary/aromatic N) is 4. The highest BCUT2D eigenvalue weighted by molar-refractivity contribution is 7.14. The first-order valence-electron chi connectivity index (χ1n) is 18.0. The van der Waals surface area contributed by atoms with Gasteiger partial charge in [-0.25, -0.2) is 9.97 Å². The fourth-order valence-electron chi connectivity index (χ4n) is 6.53. The lowest BCUT2D eigenvalue weighted by atomic mass is 9.85. The van der Waals surface area contributed by atoms with Crippen LogP contribution in [-0.2, 0) is 19.1 Å². The van der Waals surface area contributed by atoms with Gasteiger partial charge < -0.3 is 35.0 Å². The highest BCUT2D eigenvalue weighted by Gasteiger charge is 2.44. The number of likely N-dealkylation sites (tertiary alicyclic amines) is 1. The van der Waals surface area contributed by atoms with Gasteiger partial charge in [0.25, 0.3) is 0 Å². The third-order valence-electron chi connectivity index (χ3n) is 9.58. The minimum Gasteiger partial charge on any atom is -0.493 e. The number of hydrogen-bond donors (Lipinski definition) is 3. The topological polar surface area (TPSA) is 146 Å². The van der Waals surface area contributed by atoms with E-state index in [4.69, 9.17) is 14.5 Å². The van der Waals surface area contributed by atoms with Gasteiger partial charge in [0.05, 0.1) is 60.2 Å². The Morgan fingerprint density at radius 3 is 2.38 bits per heavy atom. The van der Waals surface area contributed by atoms with E-state index >= 15 is 0 Å². The Labute approximate surface area is 318 Å². The van der Waals surface area contributed by atoms with E-state index in [2.05, 4.69) is 20.5 Å². The van der Waals surface area contributed by atoms with Gasteiger partial charge in [0, 0.05) is 37.0 Å². The van der Waals surface area contributed by atoms with Crippen LogP contribution in [-0.4, -0.2) is 95.3 Å². The molecule has 6 rings (SSSR count). The van der Waals surface area contributed by atoms with Gasteiger partial charge in [0.1, 0.15) is 17.8 Å². The summed E-state index contributed by atoms with van der Waals surface area (Å²) in [6, 6.07) is 13.4. The summed E-state index contributed by atoms with van der Waals surface area (Å²) in [5.41, 5.74) is 5.97. The number of anilines is 1. The largest absolute Gasteiger partial charge is 0.493 e. The summed E-state index contributed by atoms with van der Waals surface area (Å²) in [5.74, 6) is -0.488. The molecule has 0 bridgehead atoms. The van der Waals surface area contributed by atoms with Crippen molar-refractivity contribution >= 4 is 45.5 Å². The van der Waals surface area contributed by atoms with Crippen molar-refractivity contribution in [1.29, 1.82) is 0 Å². The molecule has 0 saturated carbocycles. The van der Waals surface area contributed by atoms with E-state index in [-0.39, 0.29) is 43.8 Å². The second-order valence-electron chi connectivity index (χ2n) is 14.6. The first-order chi connectivity index (χ1) is 25.4. The van der Waals surface area contributed by atoms with Crippen molar-refractivity contribution in [3.8, 4) is 27.4 Å². The number of β-amino-alcohol motifs (C(OH)–C–C–N with tert-alkyl or cyclic N) is 1. The first kappa shape index (κ1) is 38.4. The number of thiazole rings is 2. The molecular formula is C39H48N6O6S2. The third kappa shape index (κ3) is 9.42. The SMILES string of the molecule is Cc1ncsc1-c1ccc([C@H](C)NC(=O)[C@@H]2C[C@@H](O)CN2C(=O)[C@@H](NC(=O)CCOc2ccc(-c3csc(N4CCOCC4)n3)cc2)C(C)(C)C)cc1. The molecule has 282 valence electrons. The lowest BCUT2D eigenvalue weighted by Crippen LogP contribution is -2.58. The Hall–Kier alpha value is -4.37. The van der Waals surface area contributed by atoms with Crippen LogP contribution in [0.1, 0.15) is 57.8 Å². The maximum atomic E-state index is 14.0. The van der Waals surface area contributed by atoms with E-state index in [1.54, 1.807) is 22.7 Å². The Kier molecular flexibility index (Phi) is 12.1. The summed E-state index contributed by atoms with van der Waals surface area (Å²) in [6.45, 7) is 12.7. The molecule has 0 unspecified atom stereocenters. The van der Waals surface area contributed by atoms with Gasteiger partial charge in [-0.05, 0) is 54.7 Å². The number of nitrogens with one attached hydrogen (secondary N) is 2. The van der Waals surface area contributed by atoms with Crippen LogP contribution in [0.4, 0.5) is 5.13 Å². The summed E-state index contributed by atoms with van der Waals surface area (Å²) in [7, 11) is 0. The molecule has 14 heteroatoms. The first-order valence-corrected chi connectivity index (χ1v) is 19.7. The predicted molar refractivity (Wildman–Crippen MR) is 207 cm³/mol. The lowest BCUT2D eigenvalue weighted by molar-refractivity contribution is -0.144. The minimum absolute atomic E-state index is 0.00514. The van der Waals surface area contributed by atoms with Crippen molar-refractivity contribution in [2.75, 3.05) is 44.4 Å². The number of hydrogen-bond acceptors (Lipinski definition) is 11. The van der Waals surface area contributed by atoms with E-state index in [1.165, 1.54) is 4.90 Å². The number of carbonyl (C=O) groups is 3. The van der Waals surface area contributed by atoms with Gasteiger partial charge >= 0.3 is 0 Å². The summed E-state index contributed by atoms with van der Waals surface area (Å²) < 4.78 is 11.3. The smallest absolute Gasteiger partial charge is 0.246 e. The number of rotatable bonds is 12. The molecule has 4 heterocycles. The maximum Gasteiger partial charge on any atom is 0.246 e. The maximum absolute atomic E-state index is 14.0. The van der Waals surface area contributed by atoms with Crippen LogP contribution >= 0.6 is 22.7 Å². The van der Waals surface area contributed by atoms with Crippen LogP contribution in [0.2, 0.25) is 0 Å². The monoisotopic (exact) mass is 760 g/mol. The second kappa shape index (κ2) is 16.8. The Morgan fingerprint density at radius 2 is 1.72 bits per heavy atom. The van der Waals surface area contributed by atoms with Crippen LogP contribution in [0, 0.1) is 12.3 Å². The number of amides is 3. The fraction of sp³-hybridized carbons (Fsp3) is 0.462. The van der Waals surface area contributed by atoms with Crippen molar-refractivity contribution in [2.24, 2.45) is 5.41 Å². The van der Waals surface area contributed by atoms with Crippen molar-refractivity contribution in [3.63, 3.8) is 0 Å². The van der Waals surface area contributed by atoms with Crippen molar-refractivity contribution in [3.05, 3.63) is 70.7 Å². The van der Waals surface area contributed by atoms with E-state index in [0.29, 0.717) is 19.0 Å². The molecule has 2 aromatic heterocycles. The third-order valence-corrected chi connectivity index (χ3v) is 11.5. The quantitative estimate of drug-likeness (QED) is 0.177. The molecule has 53 heavy (non-hydrogen) atoms. The van der Waals surface area contributed by atoms with E-state index in [1.807, 2.05) is 94.0 Å². The van der Waals surface area contributed by atoms with Crippen LogP contribution in [0.25, 0.3) is 21.7 Å². The van der Waals surface area contributed by atoms with E-state index < -0.39 is 29.5 Å². The highest BCUT2D eigenvalue weighted by Crippen LogP contribution is 2.31. The van der Waals surface area contributed by atoms with Crippen molar-refractivity contribution < 1.29 is 29.0 Å². The van der Waals surface area contributed by atoms with Gasteiger partial charge in [-0.15, -0.1) is 22.7 Å². The summed E-state index contributed by atoms with van der Waals surface area (Å²) in [5, 5.41) is 19.6. The molecule has 0 spiro atoms. The summed E-state index contributed by atoms with van der Waals surface area (Å²) in [6.07, 6.45) is -0.712. The van der Waals surface area contributed by atoms with Crippen molar-refractivity contribution in [2.45, 2.75) is 71.7 Å². The average Bonchev–Trinajstić information content (AvgIpc) is 3.91. The number of ether oxygens (including phenoxy) is 2. The number of benzene rings is 2. The lowest BCUT2D eigenvalue weighted by Gasteiger charge is -2.35. The zero-order chi connectivity index (χ0) is 37.7. The zero-order valence-electron chi connectivity index (χ0n) is 30.8. The standard InChI is InChI=1S/C39H48N6O6S2/c1-24(26-6-8-28(9-7-26)34-25(2)40-23-53-34)41-36(48)32-20-29(46)21-45(32)37(49)35(39(3,4)5)43-33(47)14-17-51-30-12-10-27(11-13-30)31-22-52-38(42-31)44-15-18-50-19-16-44/h6-13,22-24,29,32,35,46H,14-21H2,1-5H3,(H,41,48)(H,43,47)/t24-,29+,32-,35+/m0/s1. The molecule has 2 aliphatic heterocycles. The number of aryl methyl sites for hydroxylation is 1. The van der Waals surface area contributed by atoms with Crippen LogP contribution in [0.3, 0.4) is 0 Å². The summed E-state index contributed by atoms with van der Waals surface area (Å²) in [4.78, 5) is 54.6. The number of carbonyl (C=O) groups excluding carboxylic acids is 3. The molecule has 2 fully saturated rings. The molecule has 4 aromatic rings. The fourth-order valence-corrected chi connectivity index (χ4v) is 8.23. The molecule has 0 aliphatic carbocycles. The summed E-state index contributed by atoms with van der Waals surface area (Å²) >= 11 is 3.20. The zero-order valence-corrected chi connectivity index (χ0v) is 32.5. The molecule has 2 saturated heterocycles. The van der Waals surface area contributed by atoms with Crippen LogP contribution in [0.5, 0.6) is 5.75 Å². The van der Waals surface area contributed by atoms with Crippen LogP contribution < -0.4 is 20.3 Å². The number of aliphatic hydroxyl groups is 1. The molecule has 3 N–H and O–H groups in total. The minimum atomic E-state index is -0.921. The predicted octanol–water partition coefficient (Wildman–Crippen LogP) is 5.22. The highest BCUT2D eigenvalue weighted by atomic mass is 32.1. The van der Waals surface area contributed by atoms with Gasteiger partial charge in [-0.2, -0.15) is 0 Å².